The fourth-order valence-electron chi connectivity index (χ4n) is 7.27. The van der Waals surface area contributed by atoms with Crippen molar-refractivity contribution >= 4 is 22.3 Å². The molecule has 0 spiro atoms. The Balaban J connectivity index is 1.33. The normalized spacial score (nSPS) is 16.5. The van der Waals surface area contributed by atoms with Gasteiger partial charge in [0.05, 0.1) is 22.6 Å². The summed E-state index contributed by atoms with van der Waals surface area (Å²) in [6, 6.07) is 46.3. The van der Waals surface area contributed by atoms with E-state index in [0.717, 1.165) is 18.5 Å². The molecule has 5 aromatic carbocycles. The van der Waals surface area contributed by atoms with Crippen LogP contribution in [0.1, 0.15) is 12.8 Å². The van der Waals surface area contributed by atoms with E-state index in [-0.39, 0.29) is 6.17 Å². The van der Waals surface area contributed by atoms with Gasteiger partial charge < -0.3 is 14.8 Å². The van der Waals surface area contributed by atoms with Crippen LogP contribution in [0.3, 0.4) is 0 Å². The first-order valence-electron chi connectivity index (χ1n) is 15.5. The van der Waals surface area contributed by atoms with Gasteiger partial charge in [0.1, 0.15) is 6.17 Å². The molecule has 3 aliphatic rings. The molecule has 1 atom stereocenters. The number of fused-ring (bicyclic) bond motifs is 7. The lowest BCUT2D eigenvalue weighted by Gasteiger charge is -2.37. The number of hydrogen-bond acceptors (Lipinski definition) is 2. The molecule has 0 saturated heterocycles. The van der Waals surface area contributed by atoms with Gasteiger partial charge in [-0.05, 0) is 65.9 Å². The Kier molecular flexibility index (Phi) is 5.70. The van der Waals surface area contributed by atoms with E-state index in [1.54, 1.807) is 0 Å². The third-order valence-corrected chi connectivity index (χ3v) is 9.20. The van der Waals surface area contributed by atoms with E-state index < -0.39 is 0 Å². The van der Waals surface area contributed by atoms with Gasteiger partial charge in [-0.15, -0.1) is 0 Å². The lowest BCUT2D eigenvalue weighted by molar-refractivity contribution is 0.633. The first kappa shape index (κ1) is 25.0. The highest BCUT2D eigenvalue weighted by Gasteiger charge is 2.33. The molecule has 9 rings (SSSR count). The summed E-state index contributed by atoms with van der Waals surface area (Å²) in [7, 11) is 0. The zero-order valence-electron chi connectivity index (χ0n) is 24.3. The maximum Gasteiger partial charge on any atom is 0.123 e. The van der Waals surface area contributed by atoms with Crippen molar-refractivity contribution in [2.24, 2.45) is 0 Å². The van der Waals surface area contributed by atoms with E-state index in [1.807, 2.05) is 0 Å². The van der Waals surface area contributed by atoms with Gasteiger partial charge in [0.25, 0.3) is 0 Å². The summed E-state index contributed by atoms with van der Waals surface area (Å²) in [5.74, 6) is 0. The molecular weight excluding hydrogens is 534 g/mol. The summed E-state index contributed by atoms with van der Waals surface area (Å²) >= 11 is 0. The van der Waals surface area contributed by atoms with Crippen LogP contribution in [0.15, 0.2) is 163 Å². The third kappa shape index (κ3) is 3.83. The van der Waals surface area contributed by atoms with Crippen LogP contribution >= 0.6 is 0 Å². The zero-order valence-corrected chi connectivity index (χ0v) is 24.3. The molecule has 1 aromatic heterocycles. The van der Waals surface area contributed by atoms with Crippen molar-refractivity contribution in [3.8, 4) is 39.2 Å². The van der Waals surface area contributed by atoms with Gasteiger partial charge in [0, 0.05) is 33.5 Å². The van der Waals surface area contributed by atoms with Crippen LogP contribution < -0.4 is 10.2 Å². The number of anilines is 2. The van der Waals surface area contributed by atoms with Gasteiger partial charge in [-0.3, -0.25) is 0 Å². The topological polar surface area (TPSA) is 20.2 Å². The average Bonchev–Trinajstić information content (AvgIpc) is 3.38. The van der Waals surface area contributed by atoms with Crippen LogP contribution in [0, 0.1) is 0 Å². The Morgan fingerprint density at radius 1 is 0.636 bits per heavy atom. The van der Waals surface area contributed by atoms with Crippen LogP contribution in [-0.4, -0.2) is 10.7 Å². The molecule has 6 aromatic rings. The number of nitrogens with zero attached hydrogens (tertiary/aromatic N) is 2. The van der Waals surface area contributed by atoms with Gasteiger partial charge in [-0.1, -0.05) is 115 Å². The maximum atomic E-state index is 3.92. The molecule has 210 valence electrons. The molecular formula is C41H31N3. The van der Waals surface area contributed by atoms with Crippen LogP contribution in [0.4, 0.5) is 11.4 Å². The number of allylic oxidation sites excluding steroid dienone is 5. The Morgan fingerprint density at radius 3 is 2.25 bits per heavy atom. The minimum Gasteiger partial charge on any atom is -0.365 e. The summed E-state index contributed by atoms with van der Waals surface area (Å²) in [6.45, 7) is 0. The Labute approximate surface area is 257 Å². The van der Waals surface area contributed by atoms with E-state index in [9.17, 15) is 0 Å². The van der Waals surface area contributed by atoms with E-state index in [4.69, 9.17) is 0 Å². The highest BCUT2D eigenvalue weighted by molar-refractivity contribution is 6.12. The van der Waals surface area contributed by atoms with Crippen molar-refractivity contribution in [1.82, 2.24) is 9.88 Å². The van der Waals surface area contributed by atoms with E-state index in [0.29, 0.717) is 0 Å². The first-order chi connectivity index (χ1) is 21.8. The summed E-state index contributed by atoms with van der Waals surface area (Å²) in [5, 5.41) is 5.18. The molecule has 3 heteroatoms. The molecule has 0 radical (unpaired) electrons. The van der Waals surface area contributed by atoms with Gasteiger partial charge in [0.15, 0.2) is 0 Å². The van der Waals surface area contributed by atoms with Crippen LogP contribution in [0.25, 0.3) is 50.1 Å². The predicted octanol–water partition coefficient (Wildman–Crippen LogP) is 10.2. The second-order valence-corrected chi connectivity index (χ2v) is 11.7. The number of hydrogen-bond donors (Lipinski definition) is 1. The standard InChI is InChI=1S/C41H31N3/c1-2-13-28(14-3-1)30-16-12-17-31(27-30)43-36-22-9-5-18-32(36)40-33-19-6-10-23-37(33)44(38-24-11-7-20-34(38)41(40)43)39-26-25-29-15-4-8-21-35(29)42-39/h1-7,9-20,22-27,39,42H,8,21H2. The number of rotatable bonds is 3. The fourth-order valence-corrected chi connectivity index (χ4v) is 7.27. The van der Waals surface area contributed by atoms with Crippen molar-refractivity contribution in [1.29, 1.82) is 0 Å². The van der Waals surface area contributed by atoms with E-state index >= 15 is 0 Å². The molecule has 3 nitrogen and oxygen atoms in total. The highest BCUT2D eigenvalue weighted by Crippen LogP contribution is 2.53. The molecule has 0 saturated carbocycles. The minimum atomic E-state index is -0.00678. The predicted molar refractivity (Wildman–Crippen MR) is 183 cm³/mol. The molecule has 3 heterocycles. The van der Waals surface area contributed by atoms with Crippen LogP contribution in [-0.2, 0) is 0 Å². The number of nitrogens with one attached hydrogen (secondary N) is 1. The second kappa shape index (κ2) is 10.0. The van der Waals surface area contributed by atoms with Crippen molar-refractivity contribution in [3.05, 3.63) is 163 Å². The Morgan fingerprint density at radius 2 is 1.36 bits per heavy atom. The maximum absolute atomic E-state index is 3.92. The lowest BCUT2D eigenvalue weighted by Crippen LogP contribution is -2.43. The first-order valence-corrected chi connectivity index (χ1v) is 15.5. The van der Waals surface area contributed by atoms with Crippen LogP contribution in [0.5, 0.6) is 0 Å². The van der Waals surface area contributed by atoms with Gasteiger partial charge >= 0.3 is 0 Å². The molecule has 1 unspecified atom stereocenters. The molecule has 0 fully saturated rings. The molecule has 2 aliphatic heterocycles. The van der Waals surface area contributed by atoms with Gasteiger partial charge in [0.2, 0.25) is 0 Å². The van der Waals surface area contributed by atoms with Crippen molar-refractivity contribution in [3.63, 3.8) is 0 Å². The molecule has 44 heavy (non-hydrogen) atoms. The fraction of sp³-hybridized carbons (Fsp3) is 0.0732. The van der Waals surface area contributed by atoms with Gasteiger partial charge in [-0.2, -0.15) is 0 Å². The van der Waals surface area contributed by atoms with Crippen LogP contribution in [0.2, 0.25) is 0 Å². The van der Waals surface area contributed by atoms with Crippen molar-refractivity contribution < 1.29 is 0 Å². The van der Waals surface area contributed by atoms with Crippen molar-refractivity contribution in [2.75, 3.05) is 4.90 Å². The quantitative estimate of drug-likeness (QED) is 0.230. The molecule has 0 amide bonds. The Bertz CT molecular complexity index is 2160. The third-order valence-electron chi connectivity index (χ3n) is 9.20. The number of para-hydroxylation sites is 3. The second-order valence-electron chi connectivity index (χ2n) is 11.7. The SMILES string of the molecule is C1=CC2=C(CC1)NC(N1c3ccccc3-c3c(n(-c4cccc(-c5ccccc5)c4)c4ccccc34)-c3ccccc31)C=C2. The molecule has 1 N–H and O–H groups in total. The number of aromatic nitrogens is 1. The summed E-state index contributed by atoms with van der Waals surface area (Å²) < 4.78 is 2.48. The monoisotopic (exact) mass is 565 g/mol. The largest absolute Gasteiger partial charge is 0.365 e. The lowest BCUT2D eigenvalue weighted by atomic mass is 9.98. The summed E-state index contributed by atoms with van der Waals surface area (Å²) in [4.78, 5) is 2.50. The van der Waals surface area contributed by atoms with Gasteiger partial charge in [-0.25, -0.2) is 0 Å². The summed E-state index contributed by atoms with van der Waals surface area (Å²) in [6.07, 6.45) is 11.2. The summed E-state index contributed by atoms with van der Waals surface area (Å²) in [5.41, 5.74) is 14.8. The van der Waals surface area contributed by atoms with E-state index in [1.165, 1.54) is 67.1 Å². The highest BCUT2D eigenvalue weighted by atomic mass is 15.3. The van der Waals surface area contributed by atoms with Crippen molar-refractivity contribution in [2.45, 2.75) is 19.0 Å². The average molecular weight is 566 g/mol. The molecule has 0 bridgehead atoms. The Hall–Kier alpha value is -5.54. The smallest absolute Gasteiger partial charge is 0.123 e. The molecule has 1 aliphatic carbocycles. The van der Waals surface area contributed by atoms with E-state index in [2.05, 4.69) is 166 Å². The number of dihydropyridines is 1. The zero-order chi connectivity index (χ0) is 29.0. The number of benzene rings is 5. The minimum absolute atomic E-state index is 0.00678.